The van der Waals surface area contributed by atoms with Gasteiger partial charge in [0, 0.05) is 12.6 Å². The molecule has 0 aliphatic heterocycles. The molecule has 2 aromatic rings. The Hall–Kier alpha value is -1.95. The van der Waals surface area contributed by atoms with E-state index in [1.54, 1.807) is 12.3 Å². The highest BCUT2D eigenvalue weighted by molar-refractivity contribution is 5.68. The highest BCUT2D eigenvalue weighted by Gasteiger charge is 2.10. The van der Waals surface area contributed by atoms with Crippen molar-refractivity contribution in [2.75, 3.05) is 12.3 Å². The molecule has 3 N–H and O–H groups in total. The van der Waals surface area contributed by atoms with Gasteiger partial charge in [-0.3, -0.25) is 4.98 Å². The van der Waals surface area contributed by atoms with Gasteiger partial charge in [-0.2, -0.15) is 4.98 Å². The Labute approximate surface area is 85.8 Å². The SMILES string of the molecule is Nc1cnccc1-c1nc(CCO)no1. The minimum Gasteiger partial charge on any atom is -0.397 e. The number of hydrogen-bond donors (Lipinski definition) is 2. The van der Waals surface area contributed by atoms with Crippen LogP contribution < -0.4 is 5.73 Å². The summed E-state index contributed by atoms with van der Waals surface area (Å²) in [7, 11) is 0. The van der Waals surface area contributed by atoms with E-state index in [1.807, 2.05) is 0 Å². The monoisotopic (exact) mass is 206 g/mol. The molecule has 0 unspecified atom stereocenters. The van der Waals surface area contributed by atoms with Gasteiger partial charge in [0.25, 0.3) is 5.89 Å². The first kappa shape index (κ1) is 9.60. The van der Waals surface area contributed by atoms with Crippen molar-refractivity contribution in [3.05, 3.63) is 24.3 Å². The number of nitrogens with zero attached hydrogens (tertiary/aromatic N) is 3. The lowest BCUT2D eigenvalue weighted by Gasteiger charge is -1.96. The molecule has 0 bridgehead atoms. The second kappa shape index (κ2) is 4.05. The third-order valence-electron chi connectivity index (χ3n) is 1.89. The molecule has 0 saturated carbocycles. The largest absolute Gasteiger partial charge is 0.397 e. The zero-order chi connectivity index (χ0) is 10.7. The summed E-state index contributed by atoms with van der Waals surface area (Å²) in [5, 5.41) is 12.4. The second-order valence-corrected chi connectivity index (χ2v) is 2.95. The highest BCUT2D eigenvalue weighted by Crippen LogP contribution is 2.22. The van der Waals surface area contributed by atoms with Crippen molar-refractivity contribution >= 4 is 5.69 Å². The number of nitrogen functional groups attached to an aromatic ring is 1. The summed E-state index contributed by atoms with van der Waals surface area (Å²) in [6, 6.07) is 1.70. The van der Waals surface area contributed by atoms with Gasteiger partial charge >= 0.3 is 0 Å². The average molecular weight is 206 g/mol. The lowest BCUT2D eigenvalue weighted by molar-refractivity contribution is 0.293. The Morgan fingerprint density at radius 1 is 1.47 bits per heavy atom. The molecule has 2 rings (SSSR count). The molecule has 78 valence electrons. The van der Waals surface area contributed by atoms with Gasteiger partial charge < -0.3 is 15.4 Å². The van der Waals surface area contributed by atoms with Crippen LogP contribution in [-0.4, -0.2) is 26.8 Å². The normalized spacial score (nSPS) is 10.5. The van der Waals surface area contributed by atoms with Crippen molar-refractivity contribution in [2.45, 2.75) is 6.42 Å². The van der Waals surface area contributed by atoms with E-state index in [0.717, 1.165) is 0 Å². The summed E-state index contributed by atoms with van der Waals surface area (Å²) in [5.41, 5.74) is 6.83. The minimum absolute atomic E-state index is 0.00913. The minimum atomic E-state index is -0.00913. The summed E-state index contributed by atoms with van der Waals surface area (Å²) in [6.07, 6.45) is 3.49. The highest BCUT2D eigenvalue weighted by atomic mass is 16.5. The van der Waals surface area contributed by atoms with E-state index in [-0.39, 0.29) is 6.61 Å². The first-order valence-electron chi connectivity index (χ1n) is 4.44. The van der Waals surface area contributed by atoms with Crippen LogP contribution in [-0.2, 0) is 6.42 Å². The number of hydrogen-bond acceptors (Lipinski definition) is 6. The fourth-order valence-corrected chi connectivity index (χ4v) is 1.17. The first-order chi connectivity index (χ1) is 7.31. The van der Waals surface area contributed by atoms with Crippen LogP contribution in [0.4, 0.5) is 5.69 Å². The maximum atomic E-state index is 8.70. The quantitative estimate of drug-likeness (QED) is 0.746. The number of aliphatic hydroxyl groups excluding tert-OH is 1. The Bertz CT molecular complexity index is 455. The molecule has 0 radical (unpaired) electrons. The lowest BCUT2D eigenvalue weighted by atomic mass is 10.2. The standard InChI is InChI=1S/C9H10N4O2/c10-7-5-11-3-1-6(7)9-12-8(2-4-14)13-15-9/h1,3,5,14H,2,4,10H2. The smallest absolute Gasteiger partial charge is 0.260 e. The van der Waals surface area contributed by atoms with Gasteiger partial charge in [0.1, 0.15) is 0 Å². The molecule has 0 atom stereocenters. The molecule has 0 amide bonds. The maximum Gasteiger partial charge on any atom is 0.260 e. The molecule has 0 saturated heterocycles. The van der Waals surface area contributed by atoms with Crippen molar-refractivity contribution in [3.63, 3.8) is 0 Å². The van der Waals surface area contributed by atoms with Crippen molar-refractivity contribution in [3.8, 4) is 11.5 Å². The van der Waals surface area contributed by atoms with Gasteiger partial charge in [-0.15, -0.1) is 0 Å². The molecule has 0 spiro atoms. The number of anilines is 1. The second-order valence-electron chi connectivity index (χ2n) is 2.95. The van der Waals surface area contributed by atoms with E-state index in [9.17, 15) is 0 Å². The molecule has 6 heteroatoms. The molecular weight excluding hydrogens is 196 g/mol. The van der Waals surface area contributed by atoms with Gasteiger partial charge in [0.2, 0.25) is 0 Å². The third-order valence-corrected chi connectivity index (χ3v) is 1.89. The van der Waals surface area contributed by atoms with E-state index in [4.69, 9.17) is 15.4 Å². The Kier molecular flexibility index (Phi) is 2.59. The Balaban J connectivity index is 2.33. The van der Waals surface area contributed by atoms with Gasteiger partial charge in [0.15, 0.2) is 5.82 Å². The van der Waals surface area contributed by atoms with E-state index in [0.29, 0.717) is 29.4 Å². The summed E-state index contributed by atoms with van der Waals surface area (Å²) in [5.74, 6) is 0.807. The average Bonchev–Trinajstić information content (AvgIpc) is 2.68. The zero-order valence-electron chi connectivity index (χ0n) is 7.92. The van der Waals surface area contributed by atoms with Crippen LogP contribution in [0.3, 0.4) is 0 Å². The van der Waals surface area contributed by atoms with E-state index in [2.05, 4.69) is 15.1 Å². The number of pyridine rings is 1. The fraction of sp³-hybridized carbons (Fsp3) is 0.222. The van der Waals surface area contributed by atoms with Crippen molar-refractivity contribution in [1.82, 2.24) is 15.1 Å². The Morgan fingerprint density at radius 2 is 2.33 bits per heavy atom. The van der Waals surface area contributed by atoms with Crippen molar-refractivity contribution in [1.29, 1.82) is 0 Å². The van der Waals surface area contributed by atoms with E-state index < -0.39 is 0 Å². The predicted molar refractivity (Wildman–Crippen MR) is 52.7 cm³/mol. The molecule has 15 heavy (non-hydrogen) atoms. The van der Waals surface area contributed by atoms with Crippen LogP contribution in [0.5, 0.6) is 0 Å². The van der Waals surface area contributed by atoms with Gasteiger partial charge in [-0.05, 0) is 6.07 Å². The van der Waals surface area contributed by atoms with Crippen LogP contribution >= 0.6 is 0 Å². The van der Waals surface area contributed by atoms with Gasteiger partial charge in [0.05, 0.1) is 24.1 Å². The maximum absolute atomic E-state index is 8.70. The van der Waals surface area contributed by atoms with Crippen LogP contribution in [0.2, 0.25) is 0 Å². The molecule has 0 aliphatic carbocycles. The Morgan fingerprint density at radius 3 is 3.07 bits per heavy atom. The van der Waals surface area contributed by atoms with Crippen LogP contribution in [0, 0.1) is 0 Å². The van der Waals surface area contributed by atoms with Gasteiger partial charge in [-0.1, -0.05) is 5.16 Å². The summed E-state index contributed by atoms with van der Waals surface area (Å²) >= 11 is 0. The van der Waals surface area contributed by atoms with Crippen molar-refractivity contribution in [2.24, 2.45) is 0 Å². The number of aliphatic hydroxyl groups is 1. The van der Waals surface area contributed by atoms with Gasteiger partial charge in [-0.25, -0.2) is 0 Å². The van der Waals surface area contributed by atoms with Crippen molar-refractivity contribution < 1.29 is 9.63 Å². The predicted octanol–water partition coefficient (Wildman–Crippen LogP) is 0.249. The number of aromatic nitrogens is 3. The molecule has 0 fully saturated rings. The molecule has 6 nitrogen and oxygen atoms in total. The number of nitrogens with two attached hydrogens (primary N) is 1. The molecule has 2 aromatic heterocycles. The number of rotatable bonds is 3. The van der Waals surface area contributed by atoms with Crippen LogP contribution in [0.1, 0.15) is 5.82 Å². The summed E-state index contributed by atoms with van der Waals surface area (Å²) in [6.45, 7) is -0.00913. The lowest BCUT2D eigenvalue weighted by Crippen LogP contribution is -1.93. The third kappa shape index (κ3) is 1.94. The fourth-order valence-electron chi connectivity index (χ4n) is 1.17. The van der Waals surface area contributed by atoms with Crippen LogP contribution in [0.15, 0.2) is 23.0 Å². The summed E-state index contributed by atoms with van der Waals surface area (Å²) in [4.78, 5) is 7.94. The zero-order valence-corrected chi connectivity index (χ0v) is 7.92. The van der Waals surface area contributed by atoms with E-state index in [1.165, 1.54) is 6.20 Å². The molecule has 0 aliphatic rings. The van der Waals surface area contributed by atoms with Crippen LogP contribution in [0.25, 0.3) is 11.5 Å². The topological polar surface area (TPSA) is 98.1 Å². The molecule has 2 heterocycles. The molecular formula is C9H10N4O2. The summed E-state index contributed by atoms with van der Waals surface area (Å²) < 4.78 is 5.00. The molecule has 0 aromatic carbocycles. The van der Waals surface area contributed by atoms with E-state index >= 15 is 0 Å². The first-order valence-corrected chi connectivity index (χ1v) is 4.44.